The van der Waals surface area contributed by atoms with Gasteiger partial charge in [0.2, 0.25) is 5.24 Å². The minimum atomic E-state index is -4.36. The van der Waals surface area contributed by atoms with E-state index in [1.807, 2.05) is 0 Å². The third kappa shape index (κ3) is 3.51. The minimum absolute atomic E-state index is 0.383. The Morgan fingerprint density at radius 1 is 1.15 bits per heavy atom. The van der Waals surface area contributed by atoms with E-state index in [9.17, 15) is 18.0 Å². The Labute approximate surface area is 117 Å². The molecule has 1 aromatic heterocycles. The molecule has 104 valence electrons. The van der Waals surface area contributed by atoms with Crippen molar-refractivity contribution in [3.63, 3.8) is 0 Å². The van der Waals surface area contributed by atoms with Gasteiger partial charge in [0.15, 0.2) is 0 Å². The predicted octanol–water partition coefficient (Wildman–Crippen LogP) is 4.74. The minimum Gasteiger partial charge on any atom is -0.464 e. The summed E-state index contributed by atoms with van der Waals surface area (Å²) in [4.78, 5) is 10.6. The first-order valence-electron chi connectivity index (χ1n) is 5.50. The number of alkyl halides is 3. The number of carbonyl (C=O) groups is 1. The highest BCUT2D eigenvalue weighted by atomic mass is 35.5. The zero-order chi connectivity index (χ0) is 14.8. The Morgan fingerprint density at radius 3 is 2.35 bits per heavy atom. The Kier molecular flexibility index (Phi) is 3.99. The zero-order valence-corrected chi connectivity index (χ0v) is 10.7. The maximum Gasteiger partial charge on any atom is 0.416 e. The number of benzene rings is 1. The number of furan rings is 1. The summed E-state index contributed by atoms with van der Waals surface area (Å²) in [6, 6.07) is 6.31. The van der Waals surface area contributed by atoms with Gasteiger partial charge in [-0.1, -0.05) is 12.1 Å². The Bertz CT molecular complexity index is 639. The third-order valence-electron chi connectivity index (χ3n) is 2.54. The lowest BCUT2D eigenvalue weighted by Crippen LogP contribution is -2.03. The number of allylic oxidation sites excluding steroid dienone is 1. The first kappa shape index (κ1) is 14.4. The Morgan fingerprint density at radius 2 is 1.80 bits per heavy atom. The van der Waals surface area contributed by atoms with Crippen molar-refractivity contribution in [1.82, 2.24) is 0 Å². The normalized spacial score (nSPS) is 12.0. The maximum atomic E-state index is 12.4. The highest BCUT2D eigenvalue weighted by Crippen LogP contribution is 2.31. The van der Waals surface area contributed by atoms with E-state index >= 15 is 0 Å². The van der Waals surface area contributed by atoms with Crippen LogP contribution >= 0.6 is 11.6 Å². The SMILES string of the molecule is O=C(Cl)/C=C/c1cc(-c2ccc(C(F)(F)F)cc2)co1. The second-order valence-electron chi connectivity index (χ2n) is 3.95. The van der Waals surface area contributed by atoms with Crippen LogP contribution in [0.2, 0.25) is 0 Å². The molecule has 0 aliphatic heterocycles. The first-order valence-corrected chi connectivity index (χ1v) is 5.88. The van der Waals surface area contributed by atoms with Crippen LogP contribution in [0.15, 0.2) is 47.1 Å². The fraction of sp³-hybridized carbons (Fsp3) is 0.0714. The van der Waals surface area contributed by atoms with Gasteiger partial charge < -0.3 is 4.42 Å². The van der Waals surface area contributed by atoms with E-state index in [-0.39, 0.29) is 0 Å². The summed E-state index contributed by atoms with van der Waals surface area (Å²) < 4.78 is 42.4. The van der Waals surface area contributed by atoms with E-state index in [0.29, 0.717) is 16.9 Å². The topological polar surface area (TPSA) is 30.2 Å². The van der Waals surface area contributed by atoms with E-state index in [0.717, 1.165) is 18.2 Å². The summed E-state index contributed by atoms with van der Waals surface area (Å²) >= 11 is 5.14. The van der Waals surface area contributed by atoms with Gasteiger partial charge in [-0.3, -0.25) is 4.79 Å². The lowest BCUT2D eigenvalue weighted by molar-refractivity contribution is -0.137. The number of rotatable bonds is 3. The first-order chi connectivity index (χ1) is 9.36. The molecular formula is C14H8ClF3O2. The smallest absolute Gasteiger partial charge is 0.416 e. The zero-order valence-electron chi connectivity index (χ0n) is 9.95. The van der Waals surface area contributed by atoms with Crippen molar-refractivity contribution in [2.75, 3.05) is 0 Å². The molecule has 0 aliphatic carbocycles. The van der Waals surface area contributed by atoms with Crippen LogP contribution in [-0.4, -0.2) is 5.24 Å². The van der Waals surface area contributed by atoms with Gasteiger partial charge in [-0.25, -0.2) is 0 Å². The van der Waals surface area contributed by atoms with Crippen molar-refractivity contribution in [3.05, 3.63) is 54.0 Å². The van der Waals surface area contributed by atoms with Crippen molar-refractivity contribution in [2.45, 2.75) is 6.18 Å². The van der Waals surface area contributed by atoms with Crippen LogP contribution in [0, 0.1) is 0 Å². The van der Waals surface area contributed by atoms with Crippen molar-refractivity contribution in [3.8, 4) is 11.1 Å². The summed E-state index contributed by atoms with van der Waals surface area (Å²) in [7, 11) is 0. The molecule has 0 unspecified atom stereocenters. The van der Waals surface area contributed by atoms with Crippen LogP contribution in [0.5, 0.6) is 0 Å². The van der Waals surface area contributed by atoms with Gasteiger partial charge in [0.25, 0.3) is 0 Å². The summed E-state index contributed by atoms with van der Waals surface area (Å²) in [6.45, 7) is 0. The van der Waals surface area contributed by atoms with E-state index in [4.69, 9.17) is 16.0 Å². The van der Waals surface area contributed by atoms with Crippen LogP contribution in [0.3, 0.4) is 0 Å². The lowest BCUT2D eigenvalue weighted by Gasteiger charge is -2.06. The number of hydrogen-bond donors (Lipinski definition) is 0. The highest BCUT2D eigenvalue weighted by Gasteiger charge is 2.29. The van der Waals surface area contributed by atoms with Gasteiger partial charge in [-0.15, -0.1) is 0 Å². The second kappa shape index (κ2) is 5.54. The van der Waals surface area contributed by atoms with Crippen molar-refractivity contribution >= 4 is 22.9 Å². The average molecular weight is 301 g/mol. The van der Waals surface area contributed by atoms with Crippen LogP contribution in [-0.2, 0) is 11.0 Å². The quantitative estimate of drug-likeness (QED) is 0.605. The van der Waals surface area contributed by atoms with Gasteiger partial charge in [0.1, 0.15) is 5.76 Å². The molecule has 2 aromatic rings. The van der Waals surface area contributed by atoms with Crippen molar-refractivity contribution in [1.29, 1.82) is 0 Å². The number of hydrogen-bond acceptors (Lipinski definition) is 2. The summed E-state index contributed by atoms with van der Waals surface area (Å²) in [5, 5.41) is -0.641. The molecule has 0 N–H and O–H groups in total. The second-order valence-corrected chi connectivity index (χ2v) is 4.32. The highest BCUT2D eigenvalue weighted by molar-refractivity contribution is 6.66. The molecule has 0 saturated heterocycles. The molecule has 0 spiro atoms. The molecule has 6 heteroatoms. The van der Waals surface area contributed by atoms with Crippen LogP contribution in [0.4, 0.5) is 13.2 Å². The molecular weight excluding hydrogens is 293 g/mol. The fourth-order valence-electron chi connectivity index (χ4n) is 1.59. The standard InChI is InChI=1S/C14H8ClF3O2/c15-13(19)6-5-12-7-10(8-20-12)9-1-3-11(4-2-9)14(16,17)18/h1-8H/b6-5+. The van der Waals surface area contributed by atoms with E-state index in [1.54, 1.807) is 6.07 Å². The van der Waals surface area contributed by atoms with E-state index in [1.165, 1.54) is 24.5 Å². The van der Waals surface area contributed by atoms with Gasteiger partial charge in [0, 0.05) is 11.6 Å². The molecule has 1 heterocycles. The van der Waals surface area contributed by atoms with Crippen molar-refractivity contribution < 1.29 is 22.4 Å². The molecule has 2 rings (SSSR count). The number of carbonyl (C=O) groups excluding carboxylic acids is 1. The molecule has 0 aliphatic rings. The average Bonchev–Trinajstić information content (AvgIpc) is 2.84. The van der Waals surface area contributed by atoms with Gasteiger partial charge in [-0.2, -0.15) is 13.2 Å². The largest absolute Gasteiger partial charge is 0.464 e. The molecule has 0 atom stereocenters. The van der Waals surface area contributed by atoms with Crippen molar-refractivity contribution in [2.24, 2.45) is 0 Å². The maximum absolute atomic E-state index is 12.4. The predicted molar refractivity (Wildman–Crippen MR) is 69.0 cm³/mol. The molecule has 0 saturated carbocycles. The molecule has 20 heavy (non-hydrogen) atoms. The van der Waals surface area contributed by atoms with Gasteiger partial charge in [-0.05, 0) is 41.4 Å². The molecule has 0 radical (unpaired) electrons. The van der Waals surface area contributed by atoms with E-state index < -0.39 is 17.0 Å². The lowest BCUT2D eigenvalue weighted by atomic mass is 10.1. The third-order valence-corrected chi connectivity index (χ3v) is 2.67. The Hall–Kier alpha value is -2.01. The Balaban J connectivity index is 2.22. The molecule has 0 amide bonds. The number of halogens is 4. The van der Waals surface area contributed by atoms with Gasteiger partial charge >= 0.3 is 6.18 Å². The van der Waals surface area contributed by atoms with Crippen LogP contribution in [0.1, 0.15) is 11.3 Å². The molecule has 0 fully saturated rings. The fourth-order valence-corrected chi connectivity index (χ4v) is 1.65. The summed E-state index contributed by atoms with van der Waals surface area (Å²) in [6.07, 6.45) is -0.468. The van der Waals surface area contributed by atoms with Crippen LogP contribution in [0.25, 0.3) is 17.2 Å². The monoisotopic (exact) mass is 300 g/mol. The van der Waals surface area contributed by atoms with Gasteiger partial charge in [0.05, 0.1) is 11.8 Å². The molecule has 2 nitrogen and oxygen atoms in total. The van der Waals surface area contributed by atoms with E-state index in [2.05, 4.69) is 0 Å². The van der Waals surface area contributed by atoms with Crippen LogP contribution < -0.4 is 0 Å². The summed E-state index contributed by atoms with van der Waals surface area (Å²) in [5.41, 5.74) is 0.483. The molecule has 1 aromatic carbocycles. The summed E-state index contributed by atoms with van der Waals surface area (Å²) in [5.74, 6) is 0.383. The molecule has 0 bridgehead atoms.